The maximum absolute atomic E-state index is 11.0. The molecule has 4 heteroatoms. The summed E-state index contributed by atoms with van der Waals surface area (Å²) in [6.07, 6.45) is 0.620. The van der Waals surface area contributed by atoms with Crippen LogP contribution in [-0.4, -0.2) is 25.7 Å². The predicted octanol–water partition coefficient (Wildman–Crippen LogP) is 0.359. The molecule has 0 spiro atoms. The maximum Gasteiger partial charge on any atom is 0.309 e. The van der Waals surface area contributed by atoms with Crippen molar-refractivity contribution in [3.05, 3.63) is 0 Å². The van der Waals surface area contributed by atoms with Crippen molar-refractivity contribution in [3.8, 4) is 0 Å². The van der Waals surface area contributed by atoms with Crippen LogP contribution in [0.1, 0.15) is 13.3 Å². The van der Waals surface area contributed by atoms with Crippen molar-refractivity contribution in [1.29, 1.82) is 0 Å². The Hall–Kier alpha value is -1.06. The van der Waals surface area contributed by atoms with Crippen LogP contribution >= 0.6 is 0 Å². The van der Waals surface area contributed by atoms with E-state index in [9.17, 15) is 9.59 Å². The van der Waals surface area contributed by atoms with Gasteiger partial charge in [0.25, 0.3) is 0 Å². The molecule has 4 nitrogen and oxygen atoms in total. The second-order valence-electron chi connectivity index (χ2n) is 2.87. The van der Waals surface area contributed by atoms with Crippen molar-refractivity contribution in [2.45, 2.75) is 13.3 Å². The molecule has 0 aromatic heterocycles. The van der Waals surface area contributed by atoms with Crippen LogP contribution in [0.5, 0.6) is 0 Å². The van der Waals surface area contributed by atoms with Crippen LogP contribution < -0.4 is 0 Å². The van der Waals surface area contributed by atoms with Gasteiger partial charge >= 0.3 is 11.9 Å². The van der Waals surface area contributed by atoms with Gasteiger partial charge in [-0.05, 0) is 6.42 Å². The lowest BCUT2D eigenvalue weighted by atomic mass is 9.93. The SMILES string of the molecule is COC(=O)[C@@H](C)[C@H]1CCOC1=O. The van der Waals surface area contributed by atoms with Crippen LogP contribution in [0.15, 0.2) is 0 Å². The van der Waals surface area contributed by atoms with E-state index in [4.69, 9.17) is 4.74 Å². The van der Waals surface area contributed by atoms with E-state index in [0.717, 1.165) is 0 Å². The van der Waals surface area contributed by atoms with Crippen molar-refractivity contribution < 1.29 is 19.1 Å². The summed E-state index contributed by atoms with van der Waals surface area (Å²) in [7, 11) is 1.32. The number of carbonyl (C=O) groups is 2. The summed E-state index contributed by atoms with van der Waals surface area (Å²) in [5, 5.41) is 0. The summed E-state index contributed by atoms with van der Waals surface area (Å²) >= 11 is 0. The van der Waals surface area contributed by atoms with Crippen LogP contribution in [0.2, 0.25) is 0 Å². The molecule has 0 amide bonds. The first-order valence-electron chi connectivity index (χ1n) is 3.91. The van der Waals surface area contributed by atoms with Crippen molar-refractivity contribution in [3.63, 3.8) is 0 Å². The first-order valence-corrected chi connectivity index (χ1v) is 3.91. The van der Waals surface area contributed by atoms with Crippen LogP contribution in [0.25, 0.3) is 0 Å². The van der Waals surface area contributed by atoms with Gasteiger partial charge in [-0.15, -0.1) is 0 Å². The van der Waals surface area contributed by atoms with Crippen molar-refractivity contribution >= 4 is 11.9 Å². The first-order chi connectivity index (χ1) is 5.66. The highest BCUT2D eigenvalue weighted by atomic mass is 16.5. The molecule has 12 heavy (non-hydrogen) atoms. The second-order valence-corrected chi connectivity index (χ2v) is 2.87. The highest BCUT2D eigenvalue weighted by Gasteiger charge is 2.35. The predicted molar refractivity (Wildman–Crippen MR) is 40.2 cm³/mol. The number of carbonyl (C=O) groups excluding carboxylic acids is 2. The minimum atomic E-state index is -0.384. The van der Waals surface area contributed by atoms with E-state index >= 15 is 0 Å². The molecule has 0 aromatic rings. The molecule has 1 aliphatic heterocycles. The minimum Gasteiger partial charge on any atom is -0.469 e. The van der Waals surface area contributed by atoms with Gasteiger partial charge in [0, 0.05) is 0 Å². The molecule has 0 saturated carbocycles. The second kappa shape index (κ2) is 3.56. The molecular formula is C8H12O4. The fraction of sp³-hybridized carbons (Fsp3) is 0.750. The fourth-order valence-corrected chi connectivity index (χ4v) is 1.32. The van der Waals surface area contributed by atoms with Gasteiger partial charge < -0.3 is 9.47 Å². The topological polar surface area (TPSA) is 52.6 Å². The molecule has 1 rings (SSSR count). The molecule has 0 radical (unpaired) electrons. The summed E-state index contributed by atoms with van der Waals surface area (Å²) in [4.78, 5) is 22.0. The van der Waals surface area contributed by atoms with Crippen LogP contribution in [0, 0.1) is 11.8 Å². The van der Waals surface area contributed by atoms with E-state index in [-0.39, 0.29) is 23.8 Å². The Morgan fingerprint density at radius 3 is 2.83 bits per heavy atom. The monoisotopic (exact) mass is 172 g/mol. The third kappa shape index (κ3) is 1.57. The Balaban J connectivity index is 2.57. The number of hydrogen-bond donors (Lipinski definition) is 0. The van der Waals surface area contributed by atoms with E-state index in [1.165, 1.54) is 7.11 Å². The third-order valence-electron chi connectivity index (χ3n) is 2.15. The molecular weight excluding hydrogens is 160 g/mol. The Labute approximate surface area is 70.8 Å². The van der Waals surface area contributed by atoms with E-state index in [0.29, 0.717) is 13.0 Å². The lowest BCUT2D eigenvalue weighted by Gasteiger charge is -2.11. The summed E-state index contributed by atoms with van der Waals surface area (Å²) in [6.45, 7) is 2.11. The number of cyclic esters (lactones) is 1. The zero-order valence-corrected chi connectivity index (χ0v) is 7.20. The largest absolute Gasteiger partial charge is 0.469 e. The quantitative estimate of drug-likeness (QED) is 0.564. The number of hydrogen-bond acceptors (Lipinski definition) is 4. The summed E-state index contributed by atoms with van der Waals surface area (Å²) in [5.74, 6) is -1.32. The maximum atomic E-state index is 11.0. The zero-order chi connectivity index (χ0) is 9.14. The highest BCUT2D eigenvalue weighted by molar-refractivity contribution is 5.82. The average Bonchev–Trinajstić information content (AvgIpc) is 2.48. The van der Waals surface area contributed by atoms with Gasteiger partial charge in [0.2, 0.25) is 0 Å². The van der Waals surface area contributed by atoms with Gasteiger partial charge in [-0.25, -0.2) is 0 Å². The van der Waals surface area contributed by atoms with Gasteiger partial charge in [0.05, 0.1) is 25.6 Å². The number of ether oxygens (including phenoxy) is 2. The highest BCUT2D eigenvalue weighted by Crippen LogP contribution is 2.23. The molecule has 0 N–H and O–H groups in total. The van der Waals surface area contributed by atoms with Crippen molar-refractivity contribution in [2.24, 2.45) is 11.8 Å². The van der Waals surface area contributed by atoms with Crippen LogP contribution in [0.4, 0.5) is 0 Å². The first kappa shape index (κ1) is 9.03. The van der Waals surface area contributed by atoms with Gasteiger partial charge in [0.1, 0.15) is 0 Å². The number of rotatable bonds is 2. The normalized spacial score (nSPS) is 24.8. The van der Waals surface area contributed by atoms with E-state index in [2.05, 4.69) is 4.74 Å². The van der Waals surface area contributed by atoms with Crippen LogP contribution in [-0.2, 0) is 19.1 Å². The summed E-state index contributed by atoms with van der Waals surface area (Å²) in [6, 6.07) is 0. The van der Waals surface area contributed by atoms with Gasteiger partial charge in [0.15, 0.2) is 0 Å². The minimum absolute atomic E-state index is 0.284. The molecule has 0 bridgehead atoms. The molecule has 1 aliphatic rings. The van der Waals surface area contributed by atoms with E-state index in [1.807, 2.05) is 0 Å². The standard InChI is InChI=1S/C8H12O4/c1-5(7(9)11-2)6-3-4-12-8(6)10/h5-6H,3-4H2,1-2H3/t5-,6+/m0/s1. The van der Waals surface area contributed by atoms with Gasteiger partial charge in [-0.2, -0.15) is 0 Å². The molecule has 0 unspecified atom stereocenters. The van der Waals surface area contributed by atoms with E-state index in [1.54, 1.807) is 6.92 Å². The van der Waals surface area contributed by atoms with Crippen LogP contribution in [0.3, 0.4) is 0 Å². The Morgan fingerprint density at radius 1 is 1.75 bits per heavy atom. The lowest BCUT2D eigenvalue weighted by molar-refractivity contribution is -0.153. The fourth-order valence-electron chi connectivity index (χ4n) is 1.32. The van der Waals surface area contributed by atoms with Crippen molar-refractivity contribution in [2.75, 3.05) is 13.7 Å². The Kier molecular flexibility index (Phi) is 2.68. The molecule has 1 heterocycles. The van der Waals surface area contributed by atoms with E-state index < -0.39 is 0 Å². The molecule has 68 valence electrons. The average molecular weight is 172 g/mol. The van der Waals surface area contributed by atoms with Gasteiger partial charge in [-0.1, -0.05) is 6.92 Å². The number of methoxy groups -OCH3 is 1. The summed E-state index contributed by atoms with van der Waals surface area (Å²) in [5.41, 5.74) is 0. The Morgan fingerprint density at radius 2 is 2.42 bits per heavy atom. The molecule has 1 fully saturated rings. The summed E-state index contributed by atoms with van der Waals surface area (Å²) < 4.78 is 9.26. The smallest absolute Gasteiger partial charge is 0.309 e. The molecule has 2 atom stereocenters. The molecule has 0 aromatic carbocycles. The van der Waals surface area contributed by atoms with Gasteiger partial charge in [-0.3, -0.25) is 9.59 Å². The lowest BCUT2D eigenvalue weighted by Crippen LogP contribution is -2.25. The molecule has 1 saturated heterocycles. The Bertz CT molecular complexity index is 199. The zero-order valence-electron chi connectivity index (χ0n) is 7.20. The molecule has 0 aliphatic carbocycles. The third-order valence-corrected chi connectivity index (χ3v) is 2.15. The number of esters is 2. The van der Waals surface area contributed by atoms with Crippen molar-refractivity contribution in [1.82, 2.24) is 0 Å².